The summed E-state index contributed by atoms with van der Waals surface area (Å²) < 4.78 is 2.39. The molecule has 3 aromatic carbocycles. The molecule has 2 aromatic heterocycles. The van der Waals surface area contributed by atoms with Crippen LogP contribution < -0.4 is 0 Å². The van der Waals surface area contributed by atoms with Crippen LogP contribution in [0.4, 0.5) is 0 Å². The summed E-state index contributed by atoms with van der Waals surface area (Å²) in [5.41, 5.74) is 5.61. The molecule has 0 fully saturated rings. The van der Waals surface area contributed by atoms with Crippen molar-refractivity contribution < 1.29 is 0 Å². The zero-order valence-corrected chi connectivity index (χ0v) is 14.2. The lowest BCUT2D eigenvalue weighted by atomic mass is 10.0. The van der Waals surface area contributed by atoms with Crippen LogP contribution in [0.2, 0.25) is 0 Å². The fraction of sp³-hybridized carbons (Fsp3) is 0. The average molecular weight is 338 g/mol. The Balaban J connectivity index is 1.87. The van der Waals surface area contributed by atoms with Crippen molar-refractivity contribution in [1.82, 2.24) is 9.97 Å². The van der Waals surface area contributed by atoms with Crippen molar-refractivity contribution in [3.8, 4) is 22.4 Å². The molecular formula is C22H14N2S. The Labute approximate surface area is 149 Å². The minimum absolute atomic E-state index is 1.01. The van der Waals surface area contributed by atoms with E-state index in [0.29, 0.717) is 0 Å². The smallest absolute Gasteiger partial charge is 0.116 e. The van der Waals surface area contributed by atoms with Gasteiger partial charge in [-0.3, -0.25) is 0 Å². The van der Waals surface area contributed by atoms with E-state index in [4.69, 9.17) is 0 Å². The summed E-state index contributed by atoms with van der Waals surface area (Å²) in [6.45, 7) is 0. The monoisotopic (exact) mass is 338 g/mol. The van der Waals surface area contributed by atoms with Crippen LogP contribution in [0.1, 0.15) is 0 Å². The highest BCUT2D eigenvalue weighted by atomic mass is 32.1. The van der Waals surface area contributed by atoms with Crippen LogP contribution in [0, 0.1) is 0 Å². The van der Waals surface area contributed by atoms with E-state index < -0.39 is 0 Å². The van der Waals surface area contributed by atoms with Gasteiger partial charge in [0.05, 0.1) is 15.9 Å². The Kier molecular flexibility index (Phi) is 3.32. The van der Waals surface area contributed by atoms with Crippen molar-refractivity contribution in [2.45, 2.75) is 0 Å². The Morgan fingerprint density at radius 1 is 0.640 bits per heavy atom. The second kappa shape index (κ2) is 5.80. The van der Waals surface area contributed by atoms with Gasteiger partial charge >= 0.3 is 0 Å². The minimum atomic E-state index is 1.01. The van der Waals surface area contributed by atoms with Crippen molar-refractivity contribution in [2.24, 2.45) is 0 Å². The minimum Gasteiger partial charge on any atom is -0.235 e. The Hall–Kier alpha value is -3.04. The molecule has 0 amide bonds. The highest BCUT2D eigenvalue weighted by molar-refractivity contribution is 7.26. The van der Waals surface area contributed by atoms with E-state index in [9.17, 15) is 0 Å². The molecule has 0 saturated carbocycles. The molecule has 0 aliphatic rings. The number of hydrogen-bond donors (Lipinski definition) is 0. The lowest BCUT2D eigenvalue weighted by Crippen LogP contribution is -1.86. The number of benzene rings is 3. The van der Waals surface area contributed by atoms with Crippen molar-refractivity contribution in [1.29, 1.82) is 0 Å². The van der Waals surface area contributed by atoms with E-state index in [1.54, 1.807) is 17.7 Å². The van der Waals surface area contributed by atoms with E-state index in [2.05, 4.69) is 64.6 Å². The van der Waals surface area contributed by atoms with Gasteiger partial charge in [-0.25, -0.2) is 9.97 Å². The van der Waals surface area contributed by atoms with Crippen molar-refractivity contribution in [3.05, 3.63) is 85.2 Å². The Morgan fingerprint density at radius 3 is 2.12 bits per heavy atom. The quantitative estimate of drug-likeness (QED) is 0.384. The summed E-state index contributed by atoms with van der Waals surface area (Å²) in [4.78, 5) is 9.22. The number of hydrogen-bond acceptors (Lipinski definition) is 3. The maximum atomic E-state index is 4.64. The summed E-state index contributed by atoms with van der Waals surface area (Å²) in [6, 6.07) is 27.3. The van der Waals surface area contributed by atoms with Crippen molar-refractivity contribution >= 4 is 31.6 Å². The second-order valence-electron chi connectivity index (χ2n) is 5.91. The fourth-order valence-electron chi connectivity index (χ4n) is 3.28. The molecule has 0 spiro atoms. The largest absolute Gasteiger partial charge is 0.235 e. The second-order valence-corrected chi connectivity index (χ2v) is 6.97. The normalized spacial score (nSPS) is 11.2. The molecule has 2 heterocycles. The predicted octanol–water partition coefficient (Wildman–Crippen LogP) is 6.18. The van der Waals surface area contributed by atoms with E-state index in [-0.39, 0.29) is 0 Å². The summed E-state index contributed by atoms with van der Waals surface area (Å²) in [5, 5.41) is 1.22. The van der Waals surface area contributed by atoms with Crippen LogP contribution in [0.3, 0.4) is 0 Å². The van der Waals surface area contributed by atoms with E-state index >= 15 is 0 Å². The van der Waals surface area contributed by atoms with Gasteiger partial charge in [-0.15, -0.1) is 11.3 Å². The topological polar surface area (TPSA) is 25.8 Å². The molecule has 25 heavy (non-hydrogen) atoms. The van der Waals surface area contributed by atoms with Gasteiger partial charge in [0.15, 0.2) is 0 Å². The molecule has 0 radical (unpaired) electrons. The maximum Gasteiger partial charge on any atom is 0.116 e. The lowest BCUT2D eigenvalue weighted by molar-refractivity contribution is 1.24. The molecule has 0 saturated heterocycles. The Bertz CT molecular complexity index is 1180. The molecule has 3 heteroatoms. The molecule has 0 bridgehead atoms. The predicted molar refractivity (Wildman–Crippen MR) is 106 cm³/mol. The summed E-state index contributed by atoms with van der Waals surface area (Å²) in [7, 11) is 0. The van der Waals surface area contributed by atoms with Crippen LogP contribution in [-0.2, 0) is 0 Å². The van der Waals surface area contributed by atoms with Gasteiger partial charge in [0, 0.05) is 15.6 Å². The zero-order valence-electron chi connectivity index (χ0n) is 13.4. The first kappa shape index (κ1) is 14.3. The maximum absolute atomic E-state index is 4.64. The first-order valence-electron chi connectivity index (χ1n) is 8.19. The highest BCUT2D eigenvalue weighted by Gasteiger charge is 2.15. The average Bonchev–Trinajstić information content (AvgIpc) is 3.08. The number of rotatable bonds is 2. The van der Waals surface area contributed by atoms with Gasteiger partial charge in [0.1, 0.15) is 6.33 Å². The van der Waals surface area contributed by atoms with Crippen LogP contribution in [0.25, 0.3) is 42.7 Å². The van der Waals surface area contributed by atoms with Crippen LogP contribution in [0.15, 0.2) is 85.2 Å². The number of fused-ring (bicyclic) bond motifs is 3. The fourth-order valence-corrected chi connectivity index (χ4v) is 4.47. The molecular weight excluding hydrogens is 324 g/mol. The van der Waals surface area contributed by atoms with Gasteiger partial charge in [-0.1, -0.05) is 72.8 Å². The molecule has 0 aliphatic heterocycles. The van der Waals surface area contributed by atoms with Crippen LogP contribution in [-0.4, -0.2) is 9.97 Å². The van der Waals surface area contributed by atoms with E-state index in [0.717, 1.165) is 21.5 Å². The molecule has 5 aromatic rings. The van der Waals surface area contributed by atoms with Crippen molar-refractivity contribution in [2.75, 3.05) is 0 Å². The van der Waals surface area contributed by atoms with Crippen LogP contribution >= 0.6 is 11.3 Å². The molecule has 0 unspecified atom stereocenters. The van der Waals surface area contributed by atoms with Gasteiger partial charge < -0.3 is 0 Å². The van der Waals surface area contributed by atoms with Gasteiger partial charge in [0.2, 0.25) is 0 Å². The SMILES string of the molecule is c1ccc(-c2ncnc3c2sc2cccc(-c4ccccc4)c23)cc1. The number of thiophene rings is 1. The Morgan fingerprint density at radius 2 is 1.36 bits per heavy atom. The molecule has 5 rings (SSSR count). The van der Waals surface area contributed by atoms with Gasteiger partial charge in [0.25, 0.3) is 0 Å². The van der Waals surface area contributed by atoms with Crippen molar-refractivity contribution in [3.63, 3.8) is 0 Å². The van der Waals surface area contributed by atoms with E-state index in [1.807, 2.05) is 24.3 Å². The van der Waals surface area contributed by atoms with E-state index in [1.165, 1.54) is 21.2 Å². The summed E-state index contributed by atoms with van der Waals surface area (Å²) >= 11 is 1.77. The van der Waals surface area contributed by atoms with Crippen LogP contribution in [0.5, 0.6) is 0 Å². The van der Waals surface area contributed by atoms with Gasteiger partial charge in [-0.05, 0) is 17.2 Å². The first-order valence-corrected chi connectivity index (χ1v) is 9.00. The lowest BCUT2D eigenvalue weighted by Gasteiger charge is -2.04. The summed E-state index contributed by atoms with van der Waals surface area (Å²) in [6.07, 6.45) is 1.68. The third kappa shape index (κ3) is 2.32. The zero-order chi connectivity index (χ0) is 16.6. The third-order valence-corrected chi connectivity index (χ3v) is 5.56. The standard InChI is InChI=1S/C22H14N2S/c1-3-8-15(9-4-1)17-12-7-13-18-19(17)21-22(25-18)20(23-14-24-21)16-10-5-2-6-11-16/h1-14H. The number of nitrogens with zero attached hydrogens (tertiary/aromatic N) is 2. The highest BCUT2D eigenvalue weighted by Crippen LogP contribution is 2.41. The van der Waals surface area contributed by atoms with Gasteiger partial charge in [-0.2, -0.15) is 0 Å². The first-order chi connectivity index (χ1) is 12.4. The number of aromatic nitrogens is 2. The molecule has 0 aliphatic carbocycles. The summed E-state index contributed by atoms with van der Waals surface area (Å²) in [5.74, 6) is 0. The molecule has 0 atom stereocenters. The molecule has 2 nitrogen and oxygen atoms in total. The molecule has 118 valence electrons. The molecule has 0 N–H and O–H groups in total. The third-order valence-electron chi connectivity index (χ3n) is 4.41.